The maximum Gasteiger partial charge on any atom is 0.224 e. The van der Waals surface area contributed by atoms with Gasteiger partial charge in [-0.1, -0.05) is 70.4 Å². The number of benzene rings is 1. The van der Waals surface area contributed by atoms with E-state index in [1.165, 1.54) is 56.9 Å². The maximum atomic E-state index is 6.82. The van der Waals surface area contributed by atoms with Crippen LogP contribution < -0.4 is 17.2 Å². The molecule has 1 aliphatic rings. The van der Waals surface area contributed by atoms with Crippen molar-refractivity contribution < 1.29 is 4.48 Å². The normalized spacial score (nSPS) is 23.4. The number of nitrogen functional groups attached to an aromatic ring is 1. The van der Waals surface area contributed by atoms with Crippen molar-refractivity contribution in [2.75, 3.05) is 19.3 Å². The monoisotopic (exact) mass is 417 g/mol. The zero-order valence-corrected chi connectivity index (χ0v) is 19.7. The molecule has 6 nitrogen and oxygen atoms in total. The summed E-state index contributed by atoms with van der Waals surface area (Å²) in [5, 5.41) is 0. The highest BCUT2D eigenvalue weighted by Gasteiger charge is 2.51. The van der Waals surface area contributed by atoms with E-state index in [-0.39, 0.29) is 6.29 Å². The van der Waals surface area contributed by atoms with E-state index in [9.17, 15) is 0 Å². The van der Waals surface area contributed by atoms with Crippen LogP contribution in [-0.2, 0) is 6.54 Å². The highest BCUT2D eigenvalue weighted by atomic mass is 15.6. The lowest BCUT2D eigenvalue weighted by atomic mass is 10.0. The second-order valence-corrected chi connectivity index (χ2v) is 9.57. The van der Waals surface area contributed by atoms with Crippen molar-refractivity contribution in [3.05, 3.63) is 29.8 Å². The molecule has 0 radical (unpaired) electrons. The van der Waals surface area contributed by atoms with Gasteiger partial charge in [-0.3, -0.25) is 15.1 Å². The van der Waals surface area contributed by atoms with Crippen molar-refractivity contribution in [1.29, 1.82) is 0 Å². The van der Waals surface area contributed by atoms with E-state index < -0.39 is 5.66 Å². The fourth-order valence-electron chi connectivity index (χ4n) is 4.35. The average Bonchev–Trinajstić information content (AvgIpc) is 2.69. The number of aliphatic imine (C=N–C) groups is 1. The first-order valence-electron chi connectivity index (χ1n) is 11.8. The van der Waals surface area contributed by atoms with Crippen LogP contribution in [0.1, 0.15) is 84.1 Å². The number of guanidine groups is 1. The molecule has 30 heavy (non-hydrogen) atoms. The molecule has 6 N–H and O–H groups in total. The van der Waals surface area contributed by atoms with E-state index in [0.29, 0.717) is 10.4 Å². The molecule has 0 spiro atoms. The predicted octanol–water partition coefficient (Wildman–Crippen LogP) is 4.35. The maximum absolute atomic E-state index is 6.82. The molecule has 6 heteroatoms. The van der Waals surface area contributed by atoms with Crippen molar-refractivity contribution in [2.24, 2.45) is 16.5 Å². The second kappa shape index (κ2) is 11.0. The van der Waals surface area contributed by atoms with E-state index in [0.717, 1.165) is 25.2 Å². The number of nitrogens with zero attached hydrogens (tertiary/aromatic N) is 3. The molecule has 170 valence electrons. The van der Waals surface area contributed by atoms with Crippen LogP contribution in [0.2, 0.25) is 0 Å². The quantitative estimate of drug-likeness (QED) is 0.268. The zero-order valence-electron chi connectivity index (χ0n) is 19.7. The van der Waals surface area contributed by atoms with Crippen molar-refractivity contribution in [3.63, 3.8) is 0 Å². The molecule has 1 heterocycles. The van der Waals surface area contributed by atoms with Gasteiger partial charge in [0.05, 0.1) is 7.05 Å². The number of rotatable bonds is 12. The lowest BCUT2D eigenvalue weighted by molar-refractivity contribution is -0.999. The molecule has 1 aromatic rings. The molecule has 0 saturated heterocycles. The summed E-state index contributed by atoms with van der Waals surface area (Å²) in [6.07, 6.45) is 11.5. The number of nitrogens with two attached hydrogens (primary N) is 3. The summed E-state index contributed by atoms with van der Waals surface area (Å²) in [7, 11) is 2.18. The standard InChI is InChI=1S/C24H45N6/c1-5-6-7-8-9-10-11-12-13-18-29-22(26)28-24(2,3)30(4,23(29)27)19-20-14-16-21(25)17-15-20/h14-17,23H,5-13,18-19,25,27H2,1-4H3,(H2,26,28)/q+1. The van der Waals surface area contributed by atoms with E-state index >= 15 is 0 Å². The van der Waals surface area contributed by atoms with Gasteiger partial charge in [0.15, 0.2) is 5.66 Å². The molecular formula is C24H45N6+. The second-order valence-electron chi connectivity index (χ2n) is 9.57. The van der Waals surface area contributed by atoms with Crippen LogP contribution in [0.4, 0.5) is 5.69 Å². The van der Waals surface area contributed by atoms with E-state index in [1.54, 1.807) is 0 Å². The molecule has 1 aliphatic heterocycles. The Morgan fingerprint density at radius 2 is 1.47 bits per heavy atom. The van der Waals surface area contributed by atoms with Crippen LogP contribution in [0.5, 0.6) is 0 Å². The fraction of sp³-hybridized carbons (Fsp3) is 0.708. The average molecular weight is 418 g/mol. The smallest absolute Gasteiger partial charge is 0.224 e. The molecule has 1 aromatic carbocycles. The number of anilines is 1. The Bertz CT molecular complexity index is 669. The highest BCUT2D eigenvalue weighted by Crippen LogP contribution is 2.34. The van der Waals surface area contributed by atoms with Crippen LogP contribution >= 0.6 is 0 Å². The third-order valence-corrected chi connectivity index (χ3v) is 6.83. The zero-order chi connectivity index (χ0) is 22.2. The molecule has 0 saturated carbocycles. The van der Waals surface area contributed by atoms with Crippen LogP contribution in [0.25, 0.3) is 0 Å². The van der Waals surface area contributed by atoms with E-state index in [1.807, 2.05) is 12.1 Å². The minimum atomic E-state index is -0.403. The lowest BCUT2D eigenvalue weighted by Gasteiger charge is -2.54. The first-order chi connectivity index (χ1) is 14.2. The third-order valence-electron chi connectivity index (χ3n) is 6.83. The van der Waals surface area contributed by atoms with Gasteiger partial charge in [-0.05, 0) is 18.6 Å². The van der Waals surface area contributed by atoms with Crippen LogP contribution in [0.3, 0.4) is 0 Å². The van der Waals surface area contributed by atoms with Gasteiger partial charge in [0.25, 0.3) is 0 Å². The van der Waals surface area contributed by atoms with Crippen LogP contribution in [0.15, 0.2) is 29.3 Å². The topological polar surface area (TPSA) is 93.7 Å². The summed E-state index contributed by atoms with van der Waals surface area (Å²) in [5.41, 5.74) is 20.6. The summed E-state index contributed by atoms with van der Waals surface area (Å²) >= 11 is 0. The van der Waals surface area contributed by atoms with Gasteiger partial charge in [0, 0.05) is 31.6 Å². The highest BCUT2D eigenvalue weighted by molar-refractivity contribution is 5.79. The van der Waals surface area contributed by atoms with Crippen molar-refractivity contribution >= 4 is 11.6 Å². The van der Waals surface area contributed by atoms with Crippen molar-refractivity contribution in [2.45, 2.75) is 97.1 Å². The van der Waals surface area contributed by atoms with Gasteiger partial charge in [0.1, 0.15) is 6.54 Å². The minimum absolute atomic E-state index is 0.232. The Morgan fingerprint density at radius 1 is 0.933 bits per heavy atom. The Labute approximate surface area is 184 Å². The summed E-state index contributed by atoms with van der Waals surface area (Å²) in [5.74, 6) is 0.569. The number of unbranched alkanes of at least 4 members (excludes halogenated alkanes) is 8. The SMILES string of the molecule is CCCCCCCCCCCN1C(N)=NC(C)(C)[N+](C)(Cc2ccc(N)cc2)C1N. The number of quaternary nitrogens is 1. The van der Waals surface area contributed by atoms with Gasteiger partial charge in [0.2, 0.25) is 12.2 Å². The fourth-order valence-corrected chi connectivity index (χ4v) is 4.35. The molecule has 2 rings (SSSR count). The number of hydrogen-bond acceptors (Lipinski definition) is 5. The molecule has 0 amide bonds. The predicted molar refractivity (Wildman–Crippen MR) is 128 cm³/mol. The molecule has 0 bridgehead atoms. The summed E-state index contributed by atoms with van der Waals surface area (Å²) < 4.78 is 0.578. The van der Waals surface area contributed by atoms with E-state index in [2.05, 4.69) is 44.9 Å². The Hall–Kier alpha value is -1.79. The molecule has 0 aromatic heterocycles. The van der Waals surface area contributed by atoms with Gasteiger partial charge >= 0.3 is 0 Å². The van der Waals surface area contributed by atoms with Crippen molar-refractivity contribution in [3.8, 4) is 0 Å². The molecule has 0 fully saturated rings. The minimum Gasteiger partial charge on any atom is -0.399 e. The van der Waals surface area contributed by atoms with Gasteiger partial charge in [-0.25, -0.2) is 0 Å². The first-order valence-corrected chi connectivity index (χ1v) is 11.8. The van der Waals surface area contributed by atoms with Gasteiger partial charge < -0.3 is 11.5 Å². The summed E-state index contributed by atoms with van der Waals surface area (Å²) in [4.78, 5) is 6.96. The molecule has 2 atom stereocenters. The molecular weight excluding hydrogens is 372 g/mol. The van der Waals surface area contributed by atoms with Crippen molar-refractivity contribution in [1.82, 2.24) is 4.90 Å². The van der Waals surface area contributed by atoms with E-state index in [4.69, 9.17) is 22.2 Å². The van der Waals surface area contributed by atoms with Gasteiger partial charge in [-0.15, -0.1) is 0 Å². The third kappa shape index (κ3) is 6.11. The molecule has 2 unspecified atom stereocenters. The summed E-state index contributed by atoms with van der Waals surface area (Å²) in [6, 6.07) is 8.05. The lowest BCUT2D eigenvalue weighted by Crippen LogP contribution is -2.75. The Kier molecular flexibility index (Phi) is 8.98. The Balaban J connectivity index is 1.92. The first kappa shape index (κ1) is 24.5. The number of hydrogen-bond donors (Lipinski definition) is 3. The van der Waals surface area contributed by atoms with Crippen LogP contribution in [0, 0.1) is 0 Å². The molecule has 0 aliphatic carbocycles. The summed E-state index contributed by atoms with van der Waals surface area (Å²) in [6.45, 7) is 8.14. The largest absolute Gasteiger partial charge is 0.399 e. The Morgan fingerprint density at radius 3 is 2.03 bits per heavy atom. The van der Waals surface area contributed by atoms with Crippen LogP contribution in [-0.4, -0.2) is 40.9 Å². The van der Waals surface area contributed by atoms with Gasteiger partial charge in [-0.2, -0.15) is 4.99 Å².